The predicted molar refractivity (Wildman–Crippen MR) is 79.1 cm³/mol. The standard InChI is InChI=1S/C16H25NS/c1-4-8-17-15(14-12-6-5-7-13(12)14)16-10(2)9-11(3)18-16/h9,12-15,17H,4-8H2,1-3H3. The zero-order valence-electron chi connectivity index (χ0n) is 11.8. The average Bonchev–Trinajstić information content (AvgIpc) is 2.71. The van der Waals surface area contributed by atoms with Gasteiger partial charge in [0.25, 0.3) is 0 Å². The number of fused-ring (bicyclic) bond motifs is 1. The SMILES string of the molecule is CCCNC(c1sc(C)cc1C)C1C2CCCC21. The lowest BCUT2D eigenvalue weighted by Crippen LogP contribution is -2.25. The Balaban J connectivity index is 1.79. The first-order chi connectivity index (χ1) is 8.72. The molecule has 3 atom stereocenters. The topological polar surface area (TPSA) is 12.0 Å². The number of aryl methyl sites for hydroxylation is 2. The van der Waals surface area contributed by atoms with Crippen LogP contribution < -0.4 is 5.32 Å². The third-order valence-corrected chi connectivity index (χ3v) is 6.07. The van der Waals surface area contributed by atoms with E-state index in [-0.39, 0.29) is 0 Å². The summed E-state index contributed by atoms with van der Waals surface area (Å²) in [7, 11) is 0. The molecule has 1 nitrogen and oxygen atoms in total. The van der Waals surface area contributed by atoms with Crippen LogP contribution in [0.5, 0.6) is 0 Å². The molecule has 2 aliphatic carbocycles. The van der Waals surface area contributed by atoms with E-state index >= 15 is 0 Å². The van der Waals surface area contributed by atoms with Crippen LogP contribution in [0, 0.1) is 31.6 Å². The van der Waals surface area contributed by atoms with E-state index in [2.05, 4.69) is 32.2 Å². The number of thiophene rings is 1. The largest absolute Gasteiger partial charge is 0.309 e. The summed E-state index contributed by atoms with van der Waals surface area (Å²) in [4.78, 5) is 3.09. The molecule has 0 saturated heterocycles. The molecule has 1 heterocycles. The lowest BCUT2D eigenvalue weighted by atomic mass is 10.0. The summed E-state index contributed by atoms with van der Waals surface area (Å²) in [5, 5.41) is 3.84. The van der Waals surface area contributed by atoms with Crippen LogP contribution in [-0.4, -0.2) is 6.54 Å². The van der Waals surface area contributed by atoms with Gasteiger partial charge in [-0.3, -0.25) is 0 Å². The summed E-state index contributed by atoms with van der Waals surface area (Å²) in [5.74, 6) is 3.03. The quantitative estimate of drug-likeness (QED) is 0.827. The van der Waals surface area contributed by atoms with E-state index < -0.39 is 0 Å². The van der Waals surface area contributed by atoms with Crippen molar-refractivity contribution in [3.63, 3.8) is 0 Å². The Morgan fingerprint density at radius 3 is 2.61 bits per heavy atom. The van der Waals surface area contributed by atoms with E-state index in [1.807, 2.05) is 11.3 Å². The fourth-order valence-electron chi connectivity index (χ4n) is 4.04. The maximum absolute atomic E-state index is 3.84. The zero-order valence-corrected chi connectivity index (χ0v) is 12.6. The van der Waals surface area contributed by atoms with Crippen molar-refractivity contribution in [1.29, 1.82) is 0 Å². The number of hydrogen-bond acceptors (Lipinski definition) is 2. The van der Waals surface area contributed by atoms with Crippen molar-refractivity contribution in [2.45, 2.75) is 52.5 Å². The molecule has 0 aromatic carbocycles. The van der Waals surface area contributed by atoms with E-state index in [1.165, 1.54) is 36.1 Å². The van der Waals surface area contributed by atoms with E-state index in [0.29, 0.717) is 6.04 Å². The first kappa shape index (κ1) is 12.7. The highest BCUT2D eigenvalue weighted by atomic mass is 32.1. The van der Waals surface area contributed by atoms with Gasteiger partial charge in [-0.15, -0.1) is 11.3 Å². The van der Waals surface area contributed by atoms with Gasteiger partial charge < -0.3 is 5.32 Å². The molecule has 2 fully saturated rings. The molecule has 0 amide bonds. The number of nitrogens with one attached hydrogen (secondary N) is 1. The summed E-state index contributed by atoms with van der Waals surface area (Å²) >= 11 is 2.02. The Bertz CT molecular complexity index is 413. The van der Waals surface area contributed by atoms with Crippen LogP contribution in [0.3, 0.4) is 0 Å². The van der Waals surface area contributed by atoms with Gasteiger partial charge in [-0.05, 0) is 69.0 Å². The zero-order chi connectivity index (χ0) is 12.7. The van der Waals surface area contributed by atoms with Gasteiger partial charge in [-0.1, -0.05) is 13.3 Å². The van der Waals surface area contributed by atoms with Crippen LogP contribution in [-0.2, 0) is 0 Å². The molecule has 3 rings (SSSR count). The maximum Gasteiger partial charge on any atom is 0.0451 e. The molecule has 100 valence electrons. The molecule has 0 radical (unpaired) electrons. The Morgan fingerprint density at radius 1 is 1.33 bits per heavy atom. The second-order valence-corrected chi connectivity index (χ2v) is 7.46. The molecule has 2 aliphatic rings. The number of rotatable bonds is 5. The van der Waals surface area contributed by atoms with Crippen LogP contribution >= 0.6 is 11.3 Å². The van der Waals surface area contributed by atoms with Crippen LogP contribution in [0.1, 0.15) is 54.0 Å². The molecular formula is C16H25NS. The first-order valence-corrected chi connectivity index (χ1v) is 8.34. The van der Waals surface area contributed by atoms with Gasteiger partial charge in [-0.25, -0.2) is 0 Å². The first-order valence-electron chi connectivity index (χ1n) is 7.52. The predicted octanol–water partition coefficient (Wildman–Crippen LogP) is 4.45. The molecule has 0 aliphatic heterocycles. The minimum absolute atomic E-state index is 0.652. The van der Waals surface area contributed by atoms with E-state index in [1.54, 1.807) is 4.88 Å². The molecule has 0 bridgehead atoms. The van der Waals surface area contributed by atoms with Crippen LogP contribution in [0.2, 0.25) is 0 Å². The van der Waals surface area contributed by atoms with E-state index in [0.717, 1.165) is 24.3 Å². The van der Waals surface area contributed by atoms with Gasteiger partial charge >= 0.3 is 0 Å². The lowest BCUT2D eigenvalue weighted by molar-refractivity contribution is 0.422. The van der Waals surface area contributed by atoms with Gasteiger partial charge in [-0.2, -0.15) is 0 Å². The van der Waals surface area contributed by atoms with Crippen molar-refractivity contribution in [3.8, 4) is 0 Å². The second-order valence-electron chi connectivity index (χ2n) is 6.17. The molecule has 18 heavy (non-hydrogen) atoms. The molecule has 1 N–H and O–H groups in total. The lowest BCUT2D eigenvalue weighted by Gasteiger charge is -2.20. The van der Waals surface area contributed by atoms with Crippen molar-refractivity contribution < 1.29 is 0 Å². The fraction of sp³-hybridized carbons (Fsp3) is 0.750. The molecule has 3 unspecified atom stereocenters. The van der Waals surface area contributed by atoms with Gasteiger partial charge in [0.1, 0.15) is 0 Å². The second kappa shape index (κ2) is 4.97. The van der Waals surface area contributed by atoms with Gasteiger partial charge in [0.15, 0.2) is 0 Å². The average molecular weight is 263 g/mol. The Morgan fingerprint density at radius 2 is 2.06 bits per heavy atom. The Labute approximate surface area is 115 Å². The summed E-state index contributed by atoms with van der Waals surface area (Å²) < 4.78 is 0. The minimum Gasteiger partial charge on any atom is -0.309 e. The maximum atomic E-state index is 3.84. The summed E-state index contributed by atoms with van der Waals surface area (Å²) in [5.41, 5.74) is 1.51. The summed E-state index contributed by atoms with van der Waals surface area (Å²) in [6, 6.07) is 3.01. The summed E-state index contributed by atoms with van der Waals surface area (Å²) in [6.45, 7) is 7.96. The van der Waals surface area contributed by atoms with E-state index in [9.17, 15) is 0 Å². The normalized spacial score (nSPS) is 31.4. The Hall–Kier alpha value is -0.340. The molecule has 0 spiro atoms. The third kappa shape index (κ3) is 2.14. The highest BCUT2D eigenvalue weighted by Crippen LogP contribution is 2.62. The number of hydrogen-bond donors (Lipinski definition) is 1. The molecule has 2 saturated carbocycles. The highest BCUT2D eigenvalue weighted by molar-refractivity contribution is 7.12. The minimum atomic E-state index is 0.652. The van der Waals surface area contributed by atoms with Crippen molar-refractivity contribution in [3.05, 3.63) is 21.4 Å². The van der Waals surface area contributed by atoms with Gasteiger partial charge in [0, 0.05) is 15.8 Å². The molecule has 1 aromatic rings. The fourth-order valence-corrected chi connectivity index (χ4v) is 5.21. The smallest absolute Gasteiger partial charge is 0.0451 e. The summed E-state index contributed by atoms with van der Waals surface area (Å²) in [6.07, 6.45) is 5.70. The van der Waals surface area contributed by atoms with Crippen LogP contribution in [0.4, 0.5) is 0 Å². The molecule has 1 aromatic heterocycles. The van der Waals surface area contributed by atoms with Crippen molar-refractivity contribution in [1.82, 2.24) is 5.32 Å². The Kier molecular flexibility index (Phi) is 3.50. The molecule has 2 heteroatoms. The van der Waals surface area contributed by atoms with Crippen LogP contribution in [0.15, 0.2) is 6.07 Å². The third-order valence-electron chi connectivity index (χ3n) is 4.83. The van der Waals surface area contributed by atoms with Crippen LogP contribution in [0.25, 0.3) is 0 Å². The molecular weight excluding hydrogens is 238 g/mol. The van der Waals surface area contributed by atoms with Gasteiger partial charge in [0.05, 0.1) is 0 Å². The highest BCUT2D eigenvalue weighted by Gasteiger charge is 2.56. The van der Waals surface area contributed by atoms with Gasteiger partial charge in [0.2, 0.25) is 0 Å². The van der Waals surface area contributed by atoms with Crippen molar-refractivity contribution in [2.24, 2.45) is 17.8 Å². The van der Waals surface area contributed by atoms with Crippen molar-refractivity contribution >= 4 is 11.3 Å². The van der Waals surface area contributed by atoms with Crippen molar-refractivity contribution in [2.75, 3.05) is 6.54 Å². The van der Waals surface area contributed by atoms with E-state index in [4.69, 9.17) is 0 Å². The monoisotopic (exact) mass is 263 g/mol.